The summed E-state index contributed by atoms with van der Waals surface area (Å²) < 4.78 is 6.80. The lowest BCUT2D eigenvalue weighted by Crippen LogP contribution is -2.56. The SMILES string of the molecule is CC[N+]1(CC2(C)CO2)CCSCC1. The second-order valence-corrected chi connectivity index (χ2v) is 5.84. The Morgan fingerprint density at radius 2 is 2.00 bits per heavy atom. The van der Waals surface area contributed by atoms with Crippen molar-refractivity contribution in [3.8, 4) is 0 Å². The molecule has 0 amide bonds. The number of thioether (sulfide) groups is 1. The fraction of sp³-hybridized carbons (Fsp3) is 1.00. The molecule has 1 unspecified atom stereocenters. The maximum absolute atomic E-state index is 5.50. The molecule has 0 aromatic carbocycles. The molecule has 2 aliphatic rings. The summed E-state index contributed by atoms with van der Waals surface area (Å²) in [6.45, 7) is 10.8. The second kappa shape index (κ2) is 3.44. The molecule has 0 radical (unpaired) electrons. The Morgan fingerprint density at radius 1 is 1.38 bits per heavy atom. The van der Waals surface area contributed by atoms with E-state index in [9.17, 15) is 0 Å². The van der Waals surface area contributed by atoms with E-state index in [-0.39, 0.29) is 5.60 Å². The Balaban J connectivity index is 1.96. The summed E-state index contributed by atoms with van der Waals surface area (Å²) in [5.41, 5.74) is 0.234. The van der Waals surface area contributed by atoms with Crippen LogP contribution in [0.25, 0.3) is 0 Å². The molecule has 13 heavy (non-hydrogen) atoms. The van der Waals surface area contributed by atoms with Crippen LogP contribution in [-0.2, 0) is 4.74 Å². The van der Waals surface area contributed by atoms with Crippen molar-refractivity contribution in [2.75, 3.05) is 44.3 Å². The lowest BCUT2D eigenvalue weighted by Gasteiger charge is -2.41. The quantitative estimate of drug-likeness (QED) is 0.506. The van der Waals surface area contributed by atoms with Gasteiger partial charge in [-0.05, 0) is 13.8 Å². The van der Waals surface area contributed by atoms with Crippen LogP contribution in [0.5, 0.6) is 0 Å². The third-order valence-corrected chi connectivity index (χ3v) is 4.34. The van der Waals surface area contributed by atoms with Crippen LogP contribution in [0, 0.1) is 0 Å². The van der Waals surface area contributed by atoms with Crippen LogP contribution in [-0.4, -0.2) is 54.4 Å². The van der Waals surface area contributed by atoms with Gasteiger partial charge in [0.1, 0.15) is 12.1 Å². The minimum Gasteiger partial charge on any atom is -0.364 e. The van der Waals surface area contributed by atoms with E-state index in [0.29, 0.717) is 0 Å². The highest BCUT2D eigenvalue weighted by atomic mass is 32.2. The number of nitrogens with zero attached hydrogens (tertiary/aromatic N) is 1. The summed E-state index contributed by atoms with van der Waals surface area (Å²) in [5, 5.41) is 0. The first-order valence-electron chi connectivity index (χ1n) is 5.25. The number of ether oxygens (including phenoxy) is 1. The van der Waals surface area contributed by atoms with Crippen LogP contribution in [0.1, 0.15) is 13.8 Å². The smallest absolute Gasteiger partial charge is 0.137 e. The number of hydrogen-bond donors (Lipinski definition) is 0. The van der Waals surface area contributed by atoms with Crippen LogP contribution in [0.15, 0.2) is 0 Å². The minimum atomic E-state index is 0.234. The summed E-state index contributed by atoms with van der Waals surface area (Å²) in [5.74, 6) is 2.67. The van der Waals surface area contributed by atoms with Gasteiger partial charge < -0.3 is 9.22 Å². The number of rotatable bonds is 3. The van der Waals surface area contributed by atoms with Gasteiger partial charge in [0, 0.05) is 11.5 Å². The van der Waals surface area contributed by atoms with Gasteiger partial charge in [-0.1, -0.05) is 0 Å². The predicted octanol–water partition coefficient (Wildman–Crippen LogP) is 1.36. The standard InChI is InChI=1S/C10H20NOS/c1-3-11(4-6-13-7-5-11)8-10(2)9-12-10/h3-9H2,1-2H3/q+1. The van der Waals surface area contributed by atoms with Crippen molar-refractivity contribution in [3.05, 3.63) is 0 Å². The van der Waals surface area contributed by atoms with Crippen molar-refractivity contribution in [1.29, 1.82) is 0 Å². The molecule has 3 heteroatoms. The molecule has 2 nitrogen and oxygen atoms in total. The van der Waals surface area contributed by atoms with Crippen molar-refractivity contribution in [3.63, 3.8) is 0 Å². The van der Waals surface area contributed by atoms with Crippen molar-refractivity contribution in [2.24, 2.45) is 0 Å². The maximum Gasteiger partial charge on any atom is 0.137 e. The molecule has 0 saturated carbocycles. The molecular formula is C10H20NOS+. The van der Waals surface area contributed by atoms with Crippen LogP contribution >= 0.6 is 11.8 Å². The van der Waals surface area contributed by atoms with Gasteiger partial charge >= 0.3 is 0 Å². The Bertz CT molecular complexity index is 185. The summed E-state index contributed by atoms with van der Waals surface area (Å²) in [4.78, 5) is 0. The monoisotopic (exact) mass is 202 g/mol. The van der Waals surface area contributed by atoms with E-state index in [1.54, 1.807) is 0 Å². The van der Waals surface area contributed by atoms with Crippen LogP contribution in [0.4, 0.5) is 0 Å². The Kier molecular flexibility index (Phi) is 2.60. The highest BCUT2D eigenvalue weighted by Gasteiger charge is 2.47. The van der Waals surface area contributed by atoms with Crippen molar-refractivity contribution >= 4 is 11.8 Å². The molecule has 0 aromatic heterocycles. The van der Waals surface area contributed by atoms with E-state index in [0.717, 1.165) is 6.61 Å². The number of likely N-dealkylation sites (N-methyl/N-ethyl adjacent to an activating group) is 1. The highest BCUT2D eigenvalue weighted by molar-refractivity contribution is 7.99. The first-order valence-corrected chi connectivity index (χ1v) is 6.40. The second-order valence-electron chi connectivity index (χ2n) is 4.61. The lowest BCUT2D eigenvalue weighted by molar-refractivity contribution is -0.925. The average molecular weight is 202 g/mol. The van der Waals surface area contributed by atoms with E-state index in [2.05, 4.69) is 25.6 Å². The van der Waals surface area contributed by atoms with E-state index < -0.39 is 0 Å². The fourth-order valence-electron chi connectivity index (χ4n) is 2.24. The third-order valence-electron chi connectivity index (χ3n) is 3.40. The molecule has 0 aliphatic carbocycles. The highest BCUT2D eigenvalue weighted by Crippen LogP contribution is 2.31. The molecule has 0 spiro atoms. The molecule has 0 bridgehead atoms. The lowest BCUT2D eigenvalue weighted by atomic mass is 10.1. The Morgan fingerprint density at radius 3 is 2.46 bits per heavy atom. The minimum absolute atomic E-state index is 0.234. The van der Waals surface area contributed by atoms with Crippen molar-refractivity contribution < 1.29 is 9.22 Å². The maximum atomic E-state index is 5.50. The van der Waals surface area contributed by atoms with Gasteiger partial charge in [0.05, 0.1) is 26.2 Å². The van der Waals surface area contributed by atoms with Crippen molar-refractivity contribution in [1.82, 2.24) is 0 Å². The van der Waals surface area contributed by atoms with Gasteiger partial charge in [-0.2, -0.15) is 11.8 Å². The zero-order valence-electron chi connectivity index (χ0n) is 8.71. The summed E-state index contributed by atoms with van der Waals surface area (Å²) in [6.07, 6.45) is 0. The third kappa shape index (κ3) is 2.20. The molecule has 76 valence electrons. The molecular weight excluding hydrogens is 182 g/mol. The molecule has 2 aliphatic heterocycles. The average Bonchev–Trinajstić information content (AvgIpc) is 2.85. The molecule has 0 N–H and O–H groups in total. The summed E-state index contributed by atoms with van der Waals surface area (Å²) in [7, 11) is 0. The van der Waals surface area contributed by atoms with E-state index >= 15 is 0 Å². The van der Waals surface area contributed by atoms with Gasteiger partial charge in [0.2, 0.25) is 0 Å². The van der Waals surface area contributed by atoms with Gasteiger partial charge in [-0.25, -0.2) is 0 Å². The van der Waals surface area contributed by atoms with E-state index in [4.69, 9.17) is 4.74 Å². The predicted molar refractivity (Wildman–Crippen MR) is 57.1 cm³/mol. The van der Waals surface area contributed by atoms with Gasteiger partial charge in [0.25, 0.3) is 0 Å². The zero-order chi connectivity index (χ0) is 9.36. The largest absolute Gasteiger partial charge is 0.364 e. The van der Waals surface area contributed by atoms with Gasteiger partial charge in [-0.3, -0.25) is 0 Å². The van der Waals surface area contributed by atoms with Crippen molar-refractivity contribution in [2.45, 2.75) is 19.4 Å². The number of quaternary nitrogens is 1. The molecule has 2 saturated heterocycles. The molecule has 2 rings (SSSR count). The van der Waals surface area contributed by atoms with E-state index in [1.165, 1.54) is 42.2 Å². The molecule has 2 heterocycles. The first-order chi connectivity index (χ1) is 6.18. The summed E-state index contributed by atoms with van der Waals surface area (Å²) in [6, 6.07) is 0. The number of hydrogen-bond acceptors (Lipinski definition) is 2. The number of epoxide rings is 1. The van der Waals surface area contributed by atoms with Crippen LogP contribution < -0.4 is 0 Å². The fourth-order valence-corrected chi connectivity index (χ4v) is 3.48. The molecule has 2 fully saturated rings. The molecule has 1 atom stereocenters. The molecule has 0 aromatic rings. The van der Waals surface area contributed by atoms with Gasteiger partial charge in [-0.15, -0.1) is 0 Å². The van der Waals surface area contributed by atoms with Crippen LogP contribution in [0.3, 0.4) is 0 Å². The zero-order valence-corrected chi connectivity index (χ0v) is 9.53. The van der Waals surface area contributed by atoms with Gasteiger partial charge in [0.15, 0.2) is 0 Å². The Hall–Kier alpha value is 0.270. The topological polar surface area (TPSA) is 12.5 Å². The summed E-state index contributed by atoms with van der Waals surface area (Å²) >= 11 is 2.10. The first kappa shape index (κ1) is 9.81. The normalized spacial score (nSPS) is 37.4. The van der Waals surface area contributed by atoms with Crippen LogP contribution in [0.2, 0.25) is 0 Å². The Labute approximate surface area is 85.2 Å². The van der Waals surface area contributed by atoms with E-state index in [1.807, 2.05) is 0 Å².